The average Bonchev–Trinajstić information content (AvgIpc) is 1.97. The smallest absolute Gasteiger partial charge is 0.330 e. The molecule has 0 radical (unpaired) electrons. The third-order valence-corrected chi connectivity index (χ3v) is 1.98. The summed E-state index contributed by atoms with van der Waals surface area (Å²) in [5.74, 6) is -0.930. The first-order valence-electron chi connectivity index (χ1n) is 4.33. The third kappa shape index (κ3) is 4.68. The van der Waals surface area contributed by atoms with Gasteiger partial charge in [0, 0.05) is 5.57 Å². The van der Waals surface area contributed by atoms with E-state index in [1.54, 1.807) is 6.08 Å². The van der Waals surface area contributed by atoms with Gasteiger partial charge in [-0.2, -0.15) is 0 Å². The van der Waals surface area contributed by atoms with Crippen LogP contribution in [0.1, 0.15) is 34.1 Å². The van der Waals surface area contributed by atoms with Crippen molar-refractivity contribution in [2.45, 2.75) is 40.2 Å². The monoisotopic (exact) mass is 186 g/mol. The number of carbonyl (C=O) groups is 1. The third-order valence-electron chi connectivity index (χ3n) is 1.98. The molecule has 3 heteroatoms. The quantitative estimate of drug-likeness (QED) is 0.661. The van der Waals surface area contributed by atoms with E-state index in [9.17, 15) is 9.90 Å². The lowest BCUT2D eigenvalue weighted by Crippen LogP contribution is -2.25. The van der Waals surface area contributed by atoms with E-state index >= 15 is 0 Å². The van der Waals surface area contributed by atoms with Gasteiger partial charge >= 0.3 is 5.97 Å². The van der Waals surface area contributed by atoms with E-state index in [4.69, 9.17) is 5.11 Å². The van der Waals surface area contributed by atoms with Crippen LogP contribution in [-0.2, 0) is 4.79 Å². The maximum Gasteiger partial charge on any atom is 0.330 e. The summed E-state index contributed by atoms with van der Waals surface area (Å²) in [4.78, 5) is 10.4. The molecule has 0 aromatic heterocycles. The molecule has 13 heavy (non-hydrogen) atoms. The van der Waals surface area contributed by atoms with Gasteiger partial charge in [-0.1, -0.05) is 26.8 Å². The molecule has 0 amide bonds. The number of aliphatic hydroxyl groups excluding tert-OH is 1. The predicted molar refractivity (Wildman–Crippen MR) is 51.5 cm³/mol. The Balaban J connectivity index is 4.17. The number of carboxylic acids is 1. The summed E-state index contributed by atoms with van der Waals surface area (Å²) >= 11 is 0. The second kappa shape index (κ2) is 4.42. The number of aliphatic hydroxyl groups is 1. The maximum absolute atomic E-state index is 10.4. The Kier molecular flexibility index (Phi) is 4.14. The van der Waals surface area contributed by atoms with Crippen molar-refractivity contribution in [2.24, 2.45) is 5.41 Å². The lowest BCUT2D eigenvalue weighted by molar-refractivity contribution is -0.132. The van der Waals surface area contributed by atoms with Gasteiger partial charge in [-0.05, 0) is 18.8 Å². The zero-order valence-electron chi connectivity index (χ0n) is 8.66. The molecule has 0 aromatic rings. The highest BCUT2D eigenvalue weighted by atomic mass is 16.4. The second-order valence-corrected chi connectivity index (χ2v) is 4.31. The number of aliphatic carboxylic acids is 1. The zero-order chi connectivity index (χ0) is 10.6. The highest BCUT2D eigenvalue weighted by Crippen LogP contribution is 2.22. The summed E-state index contributed by atoms with van der Waals surface area (Å²) in [5.41, 5.74) is 0.0817. The molecule has 1 unspecified atom stereocenters. The molecule has 0 rings (SSSR count). The highest BCUT2D eigenvalue weighted by molar-refractivity contribution is 5.85. The number of hydrogen-bond donors (Lipinski definition) is 2. The number of carboxylic acid groups (broad SMARTS) is 1. The Bertz CT molecular complexity index is 211. The van der Waals surface area contributed by atoms with Gasteiger partial charge in [-0.3, -0.25) is 0 Å². The van der Waals surface area contributed by atoms with Crippen LogP contribution in [0.5, 0.6) is 0 Å². The van der Waals surface area contributed by atoms with E-state index in [0.29, 0.717) is 6.42 Å². The fourth-order valence-corrected chi connectivity index (χ4v) is 0.729. The molecular formula is C10H18O3. The van der Waals surface area contributed by atoms with Gasteiger partial charge in [0.15, 0.2) is 0 Å². The fourth-order valence-electron chi connectivity index (χ4n) is 0.729. The topological polar surface area (TPSA) is 57.5 Å². The average molecular weight is 186 g/mol. The molecule has 0 aromatic carbocycles. The number of rotatable bonds is 3. The molecule has 3 nitrogen and oxygen atoms in total. The van der Waals surface area contributed by atoms with Gasteiger partial charge in [-0.25, -0.2) is 4.79 Å². The molecule has 0 heterocycles. The molecule has 1 atom stereocenters. The van der Waals surface area contributed by atoms with Gasteiger partial charge in [0.2, 0.25) is 0 Å². The molecule has 0 aliphatic carbocycles. The highest BCUT2D eigenvalue weighted by Gasteiger charge is 2.20. The van der Waals surface area contributed by atoms with Crippen LogP contribution < -0.4 is 0 Å². The van der Waals surface area contributed by atoms with Crippen LogP contribution in [0.3, 0.4) is 0 Å². The SMILES string of the molecule is CC(=CCC(O)C(C)(C)C)C(=O)O. The summed E-state index contributed by atoms with van der Waals surface area (Å²) < 4.78 is 0. The van der Waals surface area contributed by atoms with Crippen molar-refractivity contribution in [2.75, 3.05) is 0 Å². The van der Waals surface area contributed by atoms with E-state index in [-0.39, 0.29) is 11.0 Å². The van der Waals surface area contributed by atoms with Crippen LogP contribution in [0.2, 0.25) is 0 Å². The van der Waals surface area contributed by atoms with Crippen LogP contribution in [0.15, 0.2) is 11.6 Å². The van der Waals surface area contributed by atoms with E-state index in [1.807, 2.05) is 20.8 Å². The summed E-state index contributed by atoms with van der Waals surface area (Å²) in [7, 11) is 0. The van der Waals surface area contributed by atoms with E-state index in [1.165, 1.54) is 6.92 Å². The van der Waals surface area contributed by atoms with Crippen LogP contribution in [0, 0.1) is 5.41 Å². The minimum Gasteiger partial charge on any atom is -0.478 e. The minimum atomic E-state index is -0.930. The van der Waals surface area contributed by atoms with Crippen molar-refractivity contribution in [3.05, 3.63) is 11.6 Å². The van der Waals surface area contributed by atoms with Crippen LogP contribution in [0.25, 0.3) is 0 Å². The van der Waals surface area contributed by atoms with Crippen molar-refractivity contribution in [3.8, 4) is 0 Å². The molecule has 0 spiro atoms. The Morgan fingerprint density at radius 3 is 2.23 bits per heavy atom. The molecule has 0 aliphatic heterocycles. The molecule has 0 bridgehead atoms. The summed E-state index contributed by atoms with van der Waals surface area (Å²) in [6.45, 7) is 7.28. The molecule has 2 N–H and O–H groups in total. The Labute approximate surface area is 79.1 Å². The Hall–Kier alpha value is -0.830. The van der Waals surface area contributed by atoms with Crippen molar-refractivity contribution in [1.82, 2.24) is 0 Å². The summed E-state index contributed by atoms with van der Waals surface area (Å²) in [5, 5.41) is 18.1. The molecule has 0 aliphatic rings. The van der Waals surface area contributed by atoms with Gasteiger partial charge in [-0.15, -0.1) is 0 Å². The van der Waals surface area contributed by atoms with Gasteiger partial charge < -0.3 is 10.2 Å². The van der Waals surface area contributed by atoms with Crippen molar-refractivity contribution in [3.63, 3.8) is 0 Å². The molecule has 0 saturated heterocycles. The minimum absolute atomic E-state index is 0.199. The van der Waals surface area contributed by atoms with E-state index in [0.717, 1.165) is 0 Å². The number of hydrogen-bond acceptors (Lipinski definition) is 2. The van der Waals surface area contributed by atoms with E-state index in [2.05, 4.69) is 0 Å². The lowest BCUT2D eigenvalue weighted by atomic mass is 9.87. The van der Waals surface area contributed by atoms with Gasteiger partial charge in [0.25, 0.3) is 0 Å². The Morgan fingerprint density at radius 1 is 1.46 bits per heavy atom. The maximum atomic E-state index is 10.4. The lowest BCUT2D eigenvalue weighted by Gasteiger charge is -2.24. The predicted octanol–water partition coefficient (Wildman–Crippen LogP) is 1.81. The molecule has 0 saturated carbocycles. The Morgan fingerprint density at radius 2 is 1.92 bits per heavy atom. The summed E-state index contributed by atoms with van der Waals surface area (Å²) in [6, 6.07) is 0. The molecular weight excluding hydrogens is 168 g/mol. The first-order chi connectivity index (χ1) is 5.75. The largest absolute Gasteiger partial charge is 0.478 e. The van der Waals surface area contributed by atoms with Crippen LogP contribution in [0.4, 0.5) is 0 Å². The summed E-state index contributed by atoms with van der Waals surface area (Å²) in [6.07, 6.45) is 1.45. The fraction of sp³-hybridized carbons (Fsp3) is 0.700. The second-order valence-electron chi connectivity index (χ2n) is 4.31. The van der Waals surface area contributed by atoms with Gasteiger partial charge in [0.1, 0.15) is 0 Å². The first kappa shape index (κ1) is 12.2. The zero-order valence-corrected chi connectivity index (χ0v) is 8.66. The van der Waals surface area contributed by atoms with E-state index < -0.39 is 12.1 Å². The van der Waals surface area contributed by atoms with Crippen LogP contribution in [-0.4, -0.2) is 22.3 Å². The standard InChI is InChI=1S/C10H18O3/c1-7(9(12)13)5-6-8(11)10(2,3)4/h5,8,11H,6H2,1-4H3,(H,12,13). The molecule has 76 valence electrons. The van der Waals surface area contributed by atoms with Gasteiger partial charge in [0.05, 0.1) is 6.10 Å². The molecule has 0 fully saturated rings. The van der Waals surface area contributed by atoms with Crippen molar-refractivity contribution < 1.29 is 15.0 Å². The first-order valence-corrected chi connectivity index (χ1v) is 4.33. The van der Waals surface area contributed by atoms with Crippen molar-refractivity contribution >= 4 is 5.97 Å². The van der Waals surface area contributed by atoms with Crippen molar-refractivity contribution in [1.29, 1.82) is 0 Å². The van der Waals surface area contributed by atoms with Crippen LogP contribution >= 0.6 is 0 Å². The normalized spacial score (nSPS) is 15.6.